The minimum atomic E-state index is 0.637. The molecule has 2 aromatic rings. The molecule has 0 saturated carbocycles. The van der Waals surface area contributed by atoms with Gasteiger partial charge in [0.1, 0.15) is 5.75 Å². The molecule has 2 rings (SSSR count). The zero-order chi connectivity index (χ0) is 13.7. The van der Waals surface area contributed by atoms with Gasteiger partial charge in [-0.1, -0.05) is 40.2 Å². The number of hydrogen-bond donors (Lipinski definition) is 0. The fourth-order valence-corrected chi connectivity index (χ4v) is 1.94. The molecular weight excluding hydrogens is 302 g/mol. The summed E-state index contributed by atoms with van der Waals surface area (Å²) in [7, 11) is 1.63. The first-order valence-electron chi connectivity index (χ1n) is 5.75. The van der Waals surface area contributed by atoms with Crippen molar-refractivity contribution in [3.05, 3.63) is 64.1 Å². The fraction of sp³-hybridized carbons (Fsp3) is 0.0625. The Bertz CT molecular complexity index is 621. The van der Waals surface area contributed by atoms with Gasteiger partial charge in [-0.05, 0) is 41.5 Å². The second-order valence-corrected chi connectivity index (χ2v) is 4.87. The van der Waals surface area contributed by atoms with Crippen LogP contribution in [0.3, 0.4) is 0 Å². The molecule has 0 aliphatic rings. The quantitative estimate of drug-likeness (QED) is 0.616. The van der Waals surface area contributed by atoms with E-state index in [9.17, 15) is 5.26 Å². The van der Waals surface area contributed by atoms with Crippen molar-refractivity contribution in [1.82, 2.24) is 0 Å². The van der Waals surface area contributed by atoms with Gasteiger partial charge in [-0.3, -0.25) is 0 Å². The summed E-state index contributed by atoms with van der Waals surface area (Å²) in [6.07, 6.45) is 1.86. The van der Waals surface area contributed by atoms with Crippen LogP contribution in [-0.2, 0) is 0 Å². The molecule has 0 spiro atoms. The van der Waals surface area contributed by atoms with Gasteiger partial charge in [0.05, 0.1) is 18.8 Å². The lowest BCUT2D eigenvalue weighted by Gasteiger charge is -2.02. The number of nitrogens with zero attached hydrogens (tertiary/aromatic N) is 1. The molecule has 0 amide bonds. The van der Waals surface area contributed by atoms with Crippen molar-refractivity contribution in [1.29, 1.82) is 5.26 Å². The molecule has 0 bridgehead atoms. The van der Waals surface area contributed by atoms with Crippen LogP contribution in [0.15, 0.2) is 53.0 Å². The Labute approximate surface area is 121 Å². The summed E-state index contributed by atoms with van der Waals surface area (Å²) in [6, 6.07) is 17.5. The first-order chi connectivity index (χ1) is 9.22. The third-order valence-corrected chi connectivity index (χ3v) is 3.23. The Balaban J connectivity index is 2.33. The minimum absolute atomic E-state index is 0.637. The molecule has 0 atom stereocenters. The minimum Gasteiger partial charge on any atom is -0.497 e. The normalized spacial score (nSPS) is 10.9. The molecule has 3 heteroatoms. The van der Waals surface area contributed by atoms with Gasteiger partial charge in [-0.15, -0.1) is 0 Å². The van der Waals surface area contributed by atoms with Crippen LogP contribution < -0.4 is 4.74 Å². The number of hydrogen-bond acceptors (Lipinski definition) is 2. The maximum Gasteiger partial charge on any atom is 0.118 e. The number of nitriles is 1. The Morgan fingerprint density at radius 3 is 2.26 bits per heavy atom. The predicted octanol–water partition coefficient (Wildman–Crippen LogP) is 4.52. The van der Waals surface area contributed by atoms with Crippen LogP contribution in [0.4, 0.5) is 0 Å². The van der Waals surface area contributed by atoms with Gasteiger partial charge in [-0.25, -0.2) is 0 Å². The summed E-state index contributed by atoms with van der Waals surface area (Å²) in [4.78, 5) is 0. The number of allylic oxidation sites excluding steroid dienone is 1. The lowest BCUT2D eigenvalue weighted by atomic mass is 10.0. The van der Waals surface area contributed by atoms with E-state index in [2.05, 4.69) is 22.0 Å². The smallest absolute Gasteiger partial charge is 0.118 e. The summed E-state index contributed by atoms with van der Waals surface area (Å²) in [6.45, 7) is 0. The van der Waals surface area contributed by atoms with E-state index in [1.807, 2.05) is 54.6 Å². The van der Waals surface area contributed by atoms with Gasteiger partial charge in [0.2, 0.25) is 0 Å². The zero-order valence-electron chi connectivity index (χ0n) is 10.4. The third kappa shape index (κ3) is 3.46. The van der Waals surface area contributed by atoms with Crippen molar-refractivity contribution in [3.8, 4) is 11.8 Å². The van der Waals surface area contributed by atoms with E-state index in [4.69, 9.17) is 4.74 Å². The summed E-state index contributed by atoms with van der Waals surface area (Å²) < 4.78 is 6.11. The van der Waals surface area contributed by atoms with Crippen molar-refractivity contribution >= 4 is 27.6 Å². The zero-order valence-corrected chi connectivity index (χ0v) is 12.0. The monoisotopic (exact) mass is 313 g/mol. The number of halogens is 1. The van der Waals surface area contributed by atoms with Crippen molar-refractivity contribution in [2.24, 2.45) is 0 Å². The molecule has 19 heavy (non-hydrogen) atoms. The largest absolute Gasteiger partial charge is 0.497 e. The van der Waals surface area contributed by atoms with Crippen molar-refractivity contribution in [2.75, 3.05) is 7.11 Å². The van der Waals surface area contributed by atoms with Crippen LogP contribution in [-0.4, -0.2) is 7.11 Å². The average Bonchev–Trinajstić information content (AvgIpc) is 2.46. The van der Waals surface area contributed by atoms with E-state index in [1.165, 1.54) is 0 Å². The Morgan fingerprint density at radius 1 is 1.11 bits per heavy atom. The standard InChI is InChI=1S/C16H12BrNO/c1-19-16-8-2-12(3-9-16)10-14(11-18)13-4-6-15(17)7-5-13/h2-10H,1H3. The highest BCUT2D eigenvalue weighted by molar-refractivity contribution is 9.10. The Morgan fingerprint density at radius 2 is 1.74 bits per heavy atom. The van der Waals surface area contributed by atoms with E-state index >= 15 is 0 Å². The summed E-state index contributed by atoms with van der Waals surface area (Å²) >= 11 is 3.38. The Hall–Kier alpha value is -2.05. The summed E-state index contributed by atoms with van der Waals surface area (Å²) in [5.74, 6) is 0.805. The molecule has 0 aliphatic carbocycles. The van der Waals surface area contributed by atoms with Crippen molar-refractivity contribution in [2.45, 2.75) is 0 Å². The second-order valence-electron chi connectivity index (χ2n) is 3.95. The molecule has 0 aliphatic heterocycles. The maximum absolute atomic E-state index is 9.26. The first kappa shape index (κ1) is 13.4. The fourth-order valence-electron chi connectivity index (χ4n) is 1.68. The SMILES string of the molecule is COc1ccc(C=C(C#N)c2ccc(Br)cc2)cc1. The molecule has 0 radical (unpaired) electrons. The number of rotatable bonds is 3. The van der Waals surface area contributed by atoms with Gasteiger partial charge in [-0.2, -0.15) is 5.26 Å². The number of ether oxygens (including phenoxy) is 1. The number of benzene rings is 2. The van der Waals surface area contributed by atoms with E-state index in [-0.39, 0.29) is 0 Å². The van der Waals surface area contributed by atoms with Gasteiger partial charge >= 0.3 is 0 Å². The predicted molar refractivity (Wildman–Crippen MR) is 80.6 cm³/mol. The Kier molecular flexibility index (Phi) is 4.38. The van der Waals surface area contributed by atoms with Crippen LogP contribution >= 0.6 is 15.9 Å². The molecule has 2 nitrogen and oxygen atoms in total. The highest BCUT2D eigenvalue weighted by Crippen LogP contribution is 2.21. The van der Waals surface area contributed by atoms with Crippen molar-refractivity contribution in [3.63, 3.8) is 0 Å². The molecule has 0 fully saturated rings. The average molecular weight is 314 g/mol. The van der Waals surface area contributed by atoms with Gasteiger partial charge in [0, 0.05) is 4.47 Å². The van der Waals surface area contributed by atoms with Crippen LogP contribution in [0.25, 0.3) is 11.6 Å². The third-order valence-electron chi connectivity index (χ3n) is 2.70. The molecule has 94 valence electrons. The topological polar surface area (TPSA) is 33.0 Å². The molecular formula is C16H12BrNO. The highest BCUT2D eigenvalue weighted by atomic mass is 79.9. The lowest BCUT2D eigenvalue weighted by molar-refractivity contribution is 0.415. The first-order valence-corrected chi connectivity index (χ1v) is 6.54. The highest BCUT2D eigenvalue weighted by Gasteiger charge is 2.01. The maximum atomic E-state index is 9.26. The molecule has 2 aromatic carbocycles. The van der Waals surface area contributed by atoms with Crippen LogP contribution in [0.2, 0.25) is 0 Å². The molecule has 0 saturated heterocycles. The summed E-state index contributed by atoms with van der Waals surface area (Å²) in [5.41, 5.74) is 2.51. The molecule has 0 unspecified atom stereocenters. The van der Waals surface area contributed by atoms with Gasteiger partial charge in [0.15, 0.2) is 0 Å². The van der Waals surface area contributed by atoms with E-state index in [0.717, 1.165) is 21.3 Å². The second kappa shape index (κ2) is 6.21. The van der Waals surface area contributed by atoms with Gasteiger partial charge in [0.25, 0.3) is 0 Å². The lowest BCUT2D eigenvalue weighted by Crippen LogP contribution is -1.84. The molecule has 0 heterocycles. The number of methoxy groups -OCH3 is 1. The van der Waals surface area contributed by atoms with Crippen LogP contribution in [0.5, 0.6) is 5.75 Å². The van der Waals surface area contributed by atoms with E-state index in [1.54, 1.807) is 7.11 Å². The van der Waals surface area contributed by atoms with Gasteiger partial charge < -0.3 is 4.74 Å². The van der Waals surface area contributed by atoms with Crippen LogP contribution in [0, 0.1) is 11.3 Å². The summed E-state index contributed by atoms with van der Waals surface area (Å²) in [5, 5.41) is 9.26. The molecule has 0 N–H and O–H groups in total. The molecule has 0 aromatic heterocycles. The van der Waals surface area contributed by atoms with Crippen molar-refractivity contribution < 1.29 is 4.74 Å². The van der Waals surface area contributed by atoms with E-state index in [0.29, 0.717) is 5.57 Å². The van der Waals surface area contributed by atoms with Crippen LogP contribution in [0.1, 0.15) is 11.1 Å². The van der Waals surface area contributed by atoms with E-state index < -0.39 is 0 Å².